The quantitative estimate of drug-likeness (QED) is 0.224. The molecule has 0 N–H and O–H groups in total. The molecular weight excluding hydrogens is 885 g/mol. The van der Waals surface area contributed by atoms with Crippen molar-refractivity contribution < 1.29 is 48.7 Å². The molecule has 2 aromatic carbocycles. The molecule has 52 heavy (non-hydrogen) atoms. The van der Waals surface area contributed by atoms with Crippen molar-refractivity contribution in [2.24, 2.45) is 43.8 Å². The Kier molecular flexibility index (Phi) is 12.7. The molecule has 0 amide bonds. The largest absolute Gasteiger partial charge is 1.00 e. The number of hydrogen-bond acceptors (Lipinski definition) is 0. The van der Waals surface area contributed by atoms with Crippen molar-refractivity contribution in [2.45, 2.75) is 61.8 Å². The van der Waals surface area contributed by atoms with Gasteiger partial charge in [0, 0.05) is 10.8 Å². The van der Waals surface area contributed by atoms with Gasteiger partial charge in [0.15, 0.2) is 0 Å². The van der Waals surface area contributed by atoms with Gasteiger partial charge in [0.2, 0.25) is 0 Å². The molecule has 0 saturated heterocycles. The molecule has 0 heterocycles. The first kappa shape index (κ1) is 43.0. The average molecular weight is 935 g/mol. The Hall–Kier alpha value is -1.74. The number of benzene rings is 2. The van der Waals surface area contributed by atoms with Crippen LogP contribution in [0.15, 0.2) is 139 Å². The summed E-state index contributed by atoms with van der Waals surface area (Å²) in [6, 6.07) is 15.9. The van der Waals surface area contributed by atoms with Crippen molar-refractivity contribution in [3.63, 3.8) is 0 Å². The maximum absolute atomic E-state index is 5.87. The van der Waals surface area contributed by atoms with Gasteiger partial charge in [-0.1, -0.05) is 115 Å². The second kappa shape index (κ2) is 15.4. The molecule has 2 fully saturated rings. The minimum Gasteiger partial charge on any atom is -1.00 e. The summed E-state index contributed by atoms with van der Waals surface area (Å²) < 4.78 is 1.35. The zero-order valence-electron chi connectivity index (χ0n) is 31.6. The minimum atomic E-state index is 0. The van der Waals surface area contributed by atoms with Crippen LogP contribution in [0, 0.1) is 56.3 Å². The van der Waals surface area contributed by atoms with Gasteiger partial charge in [-0.05, 0) is 28.6 Å². The van der Waals surface area contributed by atoms with Crippen LogP contribution in [-0.4, -0.2) is 3.26 Å². The van der Waals surface area contributed by atoms with Gasteiger partial charge < -0.3 is 31.2 Å². The third-order valence-corrected chi connectivity index (χ3v) is 17.5. The molecule has 6 aliphatic rings. The molecule has 0 nitrogen and oxygen atoms in total. The molecule has 0 aliphatic heterocycles. The molecule has 0 bridgehead atoms. The monoisotopic (exact) mass is 934 g/mol. The maximum Gasteiger partial charge on any atom is -0.109 e. The topological polar surface area (TPSA) is 0 Å². The Balaban J connectivity index is 0.000000221. The van der Waals surface area contributed by atoms with Crippen LogP contribution in [0.25, 0.3) is 0 Å². The van der Waals surface area contributed by atoms with Crippen molar-refractivity contribution in [3.05, 3.63) is 173 Å². The van der Waals surface area contributed by atoms with Crippen LogP contribution in [0.1, 0.15) is 72.9 Å². The second-order valence-electron chi connectivity index (χ2n) is 16.1. The zero-order valence-corrected chi connectivity index (χ0v) is 38.2. The van der Waals surface area contributed by atoms with Crippen LogP contribution in [0.3, 0.4) is 0 Å². The van der Waals surface area contributed by atoms with Crippen LogP contribution in [0.4, 0.5) is 0 Å². The van der Waals surface area contributed by atoms with Gasteiger partial charge in [0.25, 0.3) is 0 Å². The normalized spacial score (nSPS) is 37.8. The number of allylic oxidation sites excluding steroid dienone is 16. The molecular formula is C47H50Cl4Hf-2. The van der Waals surface area contributed by atoms with Crippen LogP contribution in [0.5, 0.6) is 0 Å². The summed E-state index contributed by atoms with van der Waals surface area (Å²) in [5.41, 5.74) is 4.20. The van der Waals surface area contributed by atoms with Gasteiger partial charge in [0.1, 0.15) is 0 Å². The van der Waals surface area contributed by atoms with E-state index >= 15 is 0 Å². The van der Waals surface area contributed by atoms with Crippen LogP contribution in [0.2, 0.25) is 10.0 Å². The standard InChI is InChI=1S/C29H37.C13H8Cl2.C5H5.2ClH.Hf/c1-21-14-13-15-22-20-27(6)25(4)18-10-9-16-23(25,2)24(3)17-11-12-19-26(24,5)29(27,8)28(21,22)7;14-12-5-1-10(2-6-12)9-11-3-7-13(15)8-4-11;1-2-4-5-3-1;;;/h9-20,22H,1-8H3;1-8H;1-3H,4H2;2*1H;/q-1;;-1;;;+2/p-2. The predicted octanol–water partition coefficient (Wildman–Crippen LogP) is 7.07. The fourth-order valence-electron chi connectivity index (χ4n) is 11.0. The molecule has 8 atom stereocenters. The summed E-state index contributed by atoms with van der Waals surface area (Å²) in [6.07, 6.45) is 39.3. The zero-order chi connectivity index (χ0) is 36.2. The average Bonchev–Trinajstić information content (AvgIpc) is 3.75. The first-order chi connectivity index (χ1) is 23.6. The Morgan fingerprint density at radius 1 is 0.673 bits per heavy atom. The number of halogens is 4. The van der Waals surface area contributed by atoms with E-state index in [1.54, 1.807) is 0 Å². The van der Waals surface area contributed by atoms with E-state index in [1.807, 2.05) is 36.4 Å². The van der Waals surface area contributed by atoms with E-state index in [0.29, 0.717) is 5.92 Å². The summed E-state index contributed by atoms with van der Waals surface area (Å²) in [7, 11) is 0. The van der Waals surface area contributed by atoms with Gasteiger partial charge in [0.05, 0.1) is 0 Å². The summed E-state index contributed by atoms with van der Waals surface area (Å²) in [6.45, 7) is 20.3. The number of hydrogen-bond donors (Lipinski definition) is 0. The molecule has 272 valence electrons. The van der Waals surface area contributed by atoms with E-state index in [4.69, 9.17) is 23.2 Å². The molecule has 6 aliphatic carbocycles. The van der Waals surface area contributed by atoms with Gasteiger partial charge in [-0.15, -0.1) is 23.8 Å². The van der Waals surface area contributed by atoms with Gasteiger partial charge >= 0.3 is 120 Å². The van der Waals surface area contributed by atoms with E-state index < -0.39 is 0 Å². The third-order valence-electron chi connectivity index (χ3n) is 14.9. The van der Waals surface area contributed by atoms with Crippen molar-refractivity contribution in [3.8, 4) is 0 Å². The molecule has 5 heteroatoms. The van der Waals surface area contributed by atoms with Crippen molar-refractivity contribution in [1.82, 2.24) is 0 Å². The number of rotatable bonds is 2. The van der Waals surface area contributed by atoms with E-state index in [2.05, 4.69) is 165 Å². The van der Waals surface area contributed by atoms with Gasteiger partial charge in [-0.25, -0.2) is 12.2 Å². The Morgan fingerprint density at radius 3 is 1.58 bits per heavy atom. The van der Waals surface area contributed by atoms with E-state index in [9.17, 15) is 0 Å². The smallest absolute Gasteiger partial charge is 0.109 e. The van der Waals surface area contributed by atoms with Crippen molar-refractivity contribution in [1.29, 1.82) is 0 Å². The third kappa shape index (κ3) is 5.89. The molecule has 2 saturated carbocycles. The SMILES string of the molecule is CC1=CC=CC2[CH-]C3(C)C4(C)C=CC=CC4(C)C4(C)C=CC=CC4(C)C3(C)C12C.Clc1ccc([C](=[Hf+2])c2ccc(Cl)cc2)cc1.[C-]1=CC=CC1.[Cl-].[Cl-]. The summed E-state index contributed by atoms with van der Waals surface area (Å²) in [4.78, 5) is 0. The predicted molar refractivity (Wildman–Crippen MR) is 212 cm³/mol. The molecule has 8 rings (SSSR count). The first-order valence-electron chi connectivity index (χ1n) is 17.8. The Labute approximate surface area is 350 Å². The van der Waals surface area contributed by atoms with Crippen LogP contribution in [-0.2, 0) is 23.9 Å². The summed E-state index contributed by atoms with van der Waals surface area (Å²) in [5, 5.41) is 1.55. The molecule has 0 spiro atoms. The van der Waals surface area contributed by atoms with E-state index in [1.165, 1.54) is 20.0 Å². The van der Waals surface area contributed by atoms with Crippen LogP contribution < -0.4 is 24.8 Å². The van der Waals surface area contributed by atoms with Gasteiger partial charge in [-0.3, -0.25) is 6.08 Å². The summed E-state index contributed by atoms with van der Waals surface area (Å²) in [5.74, 6) is 0.460. The van der Waals surface area contributed by atoms with E-state index in [0.717, 1.165) is 40.4 Å². The van der Waals surface area contributed by atoms with E-state index in [-0.39, 0.29) is 62.7 Å². The maximum atomic E-state index is 5.87. The second-order valence-corrected chi connectivity index (χ2v) is 18.8. The molecule has 8 unspecified atom stereocenters. The molecule has 0 aromatic heterocycles. The van der Waals surface area contributed by atoms with Crippen LogP contribution >= 0.6 is 23.2 Å². The minimum absolute atomic E-state index is 0. The molecule has 2 aromatic rings. The Morgan fingerprint density at radius 2 is 1.13 bits per heavy atom. The fraction of sp³-hybridized carbons (Fsp3) is 0.362. The Bertz CT molecular complexity index is 1850. The van der Waals surface area contributed by atoms with Crippen molar-refractivity contribution in [2.75, 3.05) is 0 Å². The van der Waals surface area contributed by atoms with Crippen molar-refractivity contribution >= 4 is 26.5 Å². The van der Waals surface area contributed by atoms with Gasteiger partial charge in [-0.2, -0.15) is 6.08 Å². The first-order valence-corrected chi connectivity index (χ1v) is 20.4. The molecule has 0 radical (unpaired) electrons. The summed E-state index contributed by atoms with van der Waals surface area (Å²) >= 11 is 12.7. The fourth-order valence-corrected chi connectivity index (χ4v) is 12.4. The number of fused-ring (bicyclic) bond motifs is 8.